The van der Waals surface area contributed by atoms with E-state index in [0.29, 0.717) is 0 Å². The van der Waals surface area contributed by atoms with Crippen LogP contribution < -0.4 is 10.1 Å². The maximum Gasteiger partial charge on any atom is 0.119 e. The zero-order chi connectivity index (χ0) is 12.8. The molecular weight excluding hydrogens is 222 g/mol. The lowest BCUT2D eigenvalue weighted by Crippen LogP contribution is -2.20. The topological polar surface area (TPSA) is 21.3 Å². The molecule has 1 aromatic carbocycles. The van der Waals surface area contributed by atoms with Crippen molar-refractivity contribution in [3.05, 3.63) is 29.8 Å². The van der Waals surface area contributed by atoms with E-state index in [0.717, 1.165) is 37.2 Å². The number of nitrogens with one attached hydrogen (secondary N) is 1. The first-order valence-corrected chi connectivity index (χ1v) is 7.22. The summed E-state index contributed by atoms with van der Waals surface area (Å²) >= 11 is 0. The predicted molar refractivity (Wildman–Crippen MR) is 76.2 cm³/mol. The molecule has 2 atom stereocenters. The maximum atomic E-state index is 5.63. The summed E-state index contributed by atoms with van der Waals surface area (Å²) < 4.78 is 5.63. The van der Waals surface area contributed by atoms with E-state index in [1.165, 1.54) is 24.8 Å². The standard InChI is InChI=1S/C16H25NO/c1-3-11-18-15-9-7-13(8-10-15)16-6-4-5-14(16)12-17-2/h7-10,14,16-17H,3-6,11-12H2,1-2H3. The summed E-state index contributed by atoms with van der Waals surface area (Å²) in [7, 11) is 2.05. The van der Waals surface area contributed by atoms with E-state index in [4.69, 9.17) is 4.74 Å². The molecule has 2 nitrogen and oxygen atoms in total. The lowest BCUT2D eigenvalue weighted by Gasteiger charge is -2.20. The van der Waals surface area contributed by atoms with Gasteiger partial charge in [-0.2, -0.15) is 0 Å². The van der Waals surface area contributed by atoms with Gasteiger partial charge < -0.3 is 10.1 Å². The number of hydrogen-bond donors (Lipinski definition) is 1. The van der Waals surface area contributed by atoms with Crippen molar-refractivity contribution in [2.75, 3.05) is 20.2 Å². The summed E-state index contributed by atoms with van der Waals surface area (Å²) in [5, 5.41) is 3.32. The molecule has 0 radical (unpaired) electrons. The Morgan fingerprint density at radius 1 is 1.22 bits per heavy atom. The van der Waals surface area contributed by atoms with Crippen LogP contribution in [-0.2, 0) is 0 Å². The van der Waals surface area contributed by atoms with Gasteiger partial charge in [0.25, 0.3) is 0 Å². The molecule has 0 spiro atoms. The largest absolute Gasteiger partial charge is 0.494 e. The van der Waals surface area contributed by atoms with Crippen molar-refractivity contribution >= 4 is 0 Å². The quantitative estimate of drug-likeness (QED) is 0.829. The molecular formula is C16H25NO. The Hall–Kier alpha value is -1.02. The van der Waals surface area contributed by atoms with Crippen molar-refractivity contribution in [2.24, 2.45) is 5.92 Å². The van der Waals surface area contributed by atoms with Gasteiger partial charge in [0.05, 0.1) is 6.61 Å². The van der Waals surface area contributed by atoms with Crippen molar-refractivity contribution in [1.82, 2.24) is 5.32 Å². The highest BCUT2D eigenvalue weighted by Gasteiger charge is 2.27. The van der Waals surface area contributed by atoms with Gasteiger partial charge in [-0.25, -0.2) is 0 Å². The summed E-state index contributed by atoms with van der Waals surface area (Å²) in [5.41, 5.74) is 1.48. The fraction of sp³-hybridized carbons (Fsp3) is 0.625. The molecule has 0 amide bonds. The second-order valence-corrected chi connectivity index (χ2v) is 5.27. The molecule has 0 aliphatic heterocycles. The molecule has 0 bridgehead atoms. The van der Waals surface area contributed by atoms with Gasteiger partial charge in [-0.1, -0.05) is 25.5 Å². The average molecular weight is 247 g/mol. The third-order valence-electron chi connectivity index (χ3n) is 3.91. The van der Waals surface area contributed by atoms with Crippen LogP contribution in [0, 0.1) is 5.92 Å². The number of hydrogen-bond acceptors (Lipinski definition) is 2. The van der Waals surface area contributed by atoms with Crippen LogP contribution in [0.5, 0.6) is 5.75 Å². The molecule has 1 aromatic rings. The summed E-state index contributed by atoms with van der Waals surface area (Å²) in [6, 6.07) is 8.76. The molecule has 0 aromatic heterocycles. The van der Waals surface area contributed by atoms with Gasteiger partial charge in [-0.15, -0.1) is 0 Å². The molecule has 2 unspecified atom stereocenters. The lowest BCUT2D eigenvalue weighted by atomic mass is 9.89. The van der Waals surface area contributed by atoms with Gasteiger partial charge in [0.1, 0.15) is 5.75 Å². The van der Waals surface area contributed by atoms with Crippen molar-refractivity contribution in [3.63, 3.8) is 0 Å². The summed E-state index contributed by atoms with van der Waals surface area (Å²) in [6.45, 7) is 4.08. The molecule has 1 fully saturated rings. The van der Waals surface area contributed by atoms with Gasteiger partial charge in [0.15, 0.2) is 0 Å². The normalized spacial score (nSPS) is 23.2. The molecule has 1 N–H and O–H groups in total. The first kappa shape index (κ1) is 13.4. The number of rotatable bonds is 6. The Morgan fingerprint density at radius 2 is 2.00 bits per heavy atom. The van der Waals surface area contributed by atoms with E-state index in [2.05, 4.69) is 43.6 Å². The van der Waals surface area contributed by atoms with E-state index in [1.54, 1.807) is 0 Å². The van der Waals surface area contributed by atoms with Crippen LogP contribution in [0.1, 0.15) is 44.1 Å². The van der Waals surface area contributed by atoms with Gasteiger partial charge in [-0.3, -0.25) is 0 Å². The Bertz CT molecular complexity index is 347. The van der Waals surface area contributed by atoms with Crippen LogP contribution in [-0.4, -0.2) is 20.2 Å². The highest BCUT2D eigenvalue weighted by atomic mass is 16.5. The van der Waals surface area contributed by atoms with Crippen molar-refractivity contribution in [3.8, 4) is 5.75 Å². The number of ether oxygens (including phenoxy) is 1. The molecule has 2 heteroatoms. The first-order valence-electron chi connectivity index (χ1n) is 7.22. The molecule has 1 aliphatic carbocycles. The van der Waals surface area contributed by atoms with Gasteiger partial charge in [-0.05, 0) is 62.4 Å². The first-order chi connectivity index (χ1) is 8.85. The van der Waals surface area contributed by atoms with Crippen LogP contribution in [0.2, 0.25) is 0 Å². The minimum atomic E-state index is 0.734. The van der Waals surface area contributed by atoms with Crippen molar-refractivity contribution in [2.45, 2.75) is 38.5 Å². The molecule has 1 saturated carbocycles. The maximum absolute atomic E-state index is 5.63. The third kappa shape index (κ3) is 3.26. The van der Waals surface area contributed by atoms with Crippen LogP contribution in [0.25, 0.3) is 0 Å². The van der Waals surface area contributed by atoms with Crippen molar-refractivity contribution in [1.29, 1.82) is 0 Å². The van der Waals surface area contributed by atoms with Gasteiger partial charge >= 0.3 is 0 Å². The van der Waals surface area contributed by atoms with E-state index in [-0.39, 0.29) is 0 Å². The van der Waals surface area contributed by atoms with Crippen LogP contribution in [0.3, 0.4) is 0 Å². The predicted octanol–water partition coefficient (Wildman–Crippen LogP) is 3.58. The second-order valence-electron chi connectivity index (χ2n) is 5.27. The minimum absolute atomic E-state index is 0.734. The number of benzene rings is 1. The lowest BCUT2D eigenvalue weighted by molar-refractivity contribution is 0.317. The molecule has 1 aliphatic rings. The van der Waals surface area contributed by atoms with E-state index >= 15 is 0 Å². The summed E-state index contributed by atoms with van der Waals surface area (Å²) in [4.78, 5) is 0. The zero-order valence-corrected chi connectivity index (χ0v) is 11.6. The highest BCUT2D eigenvalue weighted by Crippen LogP contribution is 2.39. The average Bonchev–Trinajstić information content (AvgIpc) is 2.86. The van der Waals surface area contributed by atoms with Crippen LogP contribution >= 0.6 is 0 Å². The van der Waals surface area contributed by atoms with E-state index in [9.17, 15) is 0 Å². The fourth-order valence-corrected chi connectivity index (χ4v) is 3.01. The third-order valence-corrected chi connectivity index (χ3v) is 3.91. The molecule has 0 heterocycles. The molecule has 2 rings (SSSR count). The Balaban J connectivity index is 1.99. The zero-order valence-electron chi connectivity index (χ0n) is 11.6. The molecule has 18 heavy (non-hydrogen) atoms. The fourth-order valence-electron chi connectivity index (χ4n) is 3.01. The summed E-state index contributed by atoms with van der Waals surface area (Å²) in [6.07, 6.45) is 5.13. The van der Waals surface area contributed by atoms with E-state index < -0.39 is 0 Å². The van der Waals surface area contributed by atoms with E-state index in [1.807, 2.05) is 0 Å². The van der Waals surface area contributed by atoms with Crippen LogP contribution in [0.4, 0.5) is 0 Å². The second kappa shape index (κ2) is 6.79. The molecule has 0 saturated heterocycles. The minimum Gasteiger partial charge on any atom is -0.494 e. The Morgan fingerprint density at radius 3 is 2.67 bits per heavy atom. The highest BCUT2D eigenvalue weighted by molar-refractivity contribution is 5.30. The summed E-state index contributed by atoms with van der Waals surface area (Å²) in [5.74, 6) is 2.54. The SMILES string of the molecule is CCCOc1ccc(C2CCCC2CNC)cc1. The Labute approximate surface area is 111 Å². The monoisotopic (exact) mass is 247 g/mol. The van der Waals surface area contributed by atoms with Crippen molar-refractivity contribution < 1.29 is 4.74 Å². The van der Waals surface area contributed by atoms with Gasteiger partial charge in [0, 0.05) is 0 Å². The smallest absolute Gasteiger partial charge is 0.119 e. The van der Waals surface area contributed by atoms with Crippen LogP contribution in [0.15, 0.2) is 24.3 Å². The molecule has 100 valence electrons. The Kier molecular flexibility index (Phi) is 5.06. The van der Waals surface area contributed by atoms with Gasteiger partial charge in [0.2, 0.25) is 0 Å².